The number of phenols is 1. The fourth-order valence-electron chi connectivity index (χ4n) is 1.77. The molecule has 0 amide bonds. The van der Waals surface area contributed by atoms with E-state index in [1.165, 1.54) is 25.3 Å². The van der Waals surface area contributed by atoms with Gasteiger partial charge in [0.1, 0.15) is 11.5 Å². The molecule has 2 N–H and O–H groups in total. The maximum absolute atomic E-state index is 10.8. The Morgan fingerprint density at radius 2 is 1.86 bits per heavy atom. The highest BCUT2D eigenvalue weighted by molar-refractivity contribution is 9.10. The third-order valence-corrected chi connectivity index (χ3v) is 3.53. The molecule has 5 heteroatoms. The van der Waals surface area contributed by atoms with Crippen molar-refractivity contribution in [2.24, 2.45) is 0 Å². The first kappa shape index (κ1) is 15.1. The van der Waals surface area contributed by atoms with Gasteiger partial charge in [-0.05, 0) is 39.7 Å². The fraction of sp³-hybridized carbons (Fsp3) is 0.0625. The number of phenolic OH excluding ortho intramolecular Hbond substituents is 1. The molecule has 0 atom stereocenters. The predicted octanol–water partition coefficient (Wildman–Crippen LogP) is 4.03. The molecule has 21 heavy (non-hydrogen) atoms. The predicted molar refractivity (Wildman–Crippen MR) is 84.7 cm³/mol. The Bertz CT molecular complexity index is 690. The van der Waals surface area contributed by atoms with Crippen molar-refractivity contribution < 1.29 is 19.7 Å². The van der Waals surface area contributed by atoms with E-state index in [0.717, 1.165) is 10.0 Å². The van der Waals surface area contributed by atoms with Gasteiger partial charge in [-0.25, -0.2) is 4.79 Å². The van der Waals surface area contributed by atoms with Gasteiger partial charge in [0.05, 0.1) is 17.1 Å². The number of benzene rings is 2. The maximum Gasteiger partial charge on any atom is 0.335 e. The number of carboxylic acid groups (broad SMARTS) is 1. The number of carbonyl (C=O) groups is 1. The van der Waals surface area contributed by atoms with Gasteiger partial charge in [0.15, 0.2) is 0 Å². The molecule has 0 radical (unpaired) electrons. The number of ether oxygens (including phenoxy) is 1. The molecule has 2 rings (SSSR count). The average Bonchev–Trinajstić information content (AvgIpc) is 2.48. The van der Waals surface area contributed by atoms with Crippen LogP contribution in [0.3, 0.4) is 0 Å². The number of hydrogen-bond donors (Lipinski definition) is 2. The SMILES string of the molecule is COc1cc(O)c(C=Cc2ccc(C(=O)O)cc2)cc1Br. The summed E-state index contributed by atoms with van der Waals surface area (Å²) in [6.07, 6.45) is 3.54. The maximum atomic E-state index is 10.8. The van der Waals surface area contributed by atoms with Crippen LogP contribution in [-0.2, 0) is 0 Å². The Hall–Kier alpha value is -2.27. The lowest BCUT2D eigenvalue weighted by Gasteiger charge is -2.06. The first-order valence-corrected chi connectivity index (χ1v) is 6.88. The molecular formula is C16H13BrO4. The molecule has 0 bridgehead atoms. The van der Waals surface area contributed by atoms with Crippen LogP contribution in [0, 0.1) is 0 Å². The molecule has 0 fully saturated rings. The molecular weight excluding hydrogens is 336 g/mol. The van der Waals surface area contributed by atoms with E-state index in [1.54, 1.807) is 30.4 Å². The number of halogens is 1. The second kappa shape index (κ2) is 6.45. The van der Waals surface area contributed by atoms with E-state index in [4.69, 9.17) is 9.84 Å². The zero-order valence-corrected chi connectivity index (χ0v) is 12.8. The zero-order chi connectivity index (χ0) is 15.4. The number of methoxy groups -OCH3 is 1. The smallest absolute Gasteiger partial charge is 0.335 e. The van der Waals surface area contributed by atoms with E-state index < -0.39 is 5.97 Å². The normalized spacial score (nSPS) is 10.8. The molecule has 2 aromatic carbocycles. The van der Waals surface area contributed by atoms with Gasteiger partial charge >= 0.3 is 5.97 Å². The van der Waals surface area contributed by atoms with Crippen molar-refractivity contribution in [3.63, 3.8) is 0 Å². The van der Waals surface area contributed by atoms with Gasteiger partial charge in [-0.3, -0.25) is 0 Å². The van der Waals surface area contributed by atoms with Crippen molar-refractivity contribution in [2.45, 2.75) is 0 Å². The highest BCUT2D eigenvalue weighted by atomic mass is 79.9. The summed E-state index contributed by atoms with van der Waals surface area (Å²) in [4.78, 5) is 10.8. The topological polar surface area (TPSA) is 66.8 Å². The number of aromatic carboxylic acids is 1. The number of rotatable bonds is 4. The van der Waals surface area contributed by atoms with Crippen molar-refractivity contribution in [1.29, 1.82) is 0 Å². The van der Waals surface area contributed by atoms with Crippen LogP contribution in [0.5, 0.6) is 11.5 Å². The summed E-state index contributed by atoms with van der Waals surface area (Å²) in [5.41, 5.74) is 1.71. The van der Waals surface area contributed by atoms with E-state index in [1.807, 2.05) is 0 Å². The van der Waals surface area contributed by atoms with Crippen LogP contribution in [0.4, 0.5) is 0 Å². The highest BCUT2D eigenvalue weighted by Crippen LogP contribution is 2.33. The lowest BCUT2D eigenvalue weighted by atomic mass is 10.1. The summed E-state index contributed by atoms with van der Waals surface area (Å²) in [6.45, 7) is 0. The van der Waals surface area contributed by atoms with Gasteiger partial charge < -0.3 is 14.9 Å². The quantitative estimate of drug-likeness (QED) is 0.818. The monoisotopic (exact) mass is 348 g/mol. The summed E-state index contributed by atoms with van der Waals surface area (Å²) >= 11 is 3.36. The lowest BCUT2D eigenvalue weighted by molar-refractivity contribution is 0.0697. The van der Waals surface area contributed by atoms with Crippen LogP contribution in [0.2, 0.25) is 0 Å². The minimum atomic E-state index is -0.956. The molecule has 0 aliphatic heterocycles. The van der Waals surface area contributed by atoms with Crippen molar-refractivity contribution in [3.05, 3.63) is 57.6 Å². The van der Waals surface area contributed by atoms with Crippen molar-refractivity contribution in [3.8, 4) is 11.5 Å². The summed E-state index contributed by atoms with van der Waals surface area (Å²) < 4.78 is 5.83. The first-order valence-electron chi connectivity index (χ1n) is 6.09. The Balaban J connectivity index is 2.25. The van der Waals surface area contributed by atoms with Crippen LogP contribution < -0.4 is 4.74 Å². The molecule has 0 spiro atoms. The molecule has 0 heterocycles. The second-order valence-electron chi connectivity index (χ2n) is 4.31. The van der Waals surface area contributed by atoms with E-state index in [9.17, 15) is 9.90 Å². The van der Waals surface area contributed by atoms with E-state index in [-0.39, 0.29) is 11.3 Å². The Morgan fingerprint density at radius 1 is 1.19 bits per heavy atom. The van der Waals surface area contributed by atoms with Gasteiger partial charge in [-0.1, -0.05) is 24.3 Å². The van der Waals surface area contributed by atoms with Crippen molar-refractivity contribution >= 4 is 34.1 Å². The first-order chi connectivity index (χ1) is 10.0. The zero-order valence-electron chi connectivity index (χ0n) is 11.2. The average molecular weight is 349 g/mol. The largest absolute Gasteiger partial charge is 0.507 e. The number of carboxylic acids is 1. The van der Waals surface area contributed by atoms with Crippen LogP contribution in [0.15, 0.2) is 40.9 Å². The molecule has 0 unspecified atom stereocenters. The fourth-order valence-corrected chi connectivity index (χ4v) is 2.29. The third kappa shape index (κ3) is 3.64. The van der Waals surface area contributed by atoms with Crippen molar-refractivity contribution in [1.82, 2.24) is 0 Å². The Kier molecular flexibility index (Phi) is 4.65. The molecule has 108 valence electrons. The third-order valence-electron chi connectivity index (χ3n) is 2.91. The summed E-state index contributed by atoms with van der Waals surface area (Å²) in [7, 11) is 1.53. The molecule has 2 aromatic rings. The minimum absolute atomic E-state index is 0.105. The van der Waals surface area contributed by atoms with E-state index in [2.05, 4.69) is 15.9 Å². The second-order valence-corrected chi connectivity index (χ2v) is 5.16. The van der Waals surface area contributed by atoms with E-state index >= 15 is 0 Å². The Morgan fingerprint density at radius 3 is 2.43 bits per heavy atom. The standard InChI is InChI=1S/C16H13BrO4/c1-21-15-9-14(18)12(8-13(15)17)7-4-10-2-5-11(6-3-10)16(19)20/h2-9,18H,1H3,(H,19,20). The van der Waals surface area contributed by atoms with Gasteiger partial charge in [-0.15, -0.1) is 0 Å². The molecule has 0 aliphatic rings. The van der Waals surface area contributed by atoms with Gasteiger partial charge in [-0.2, -0.15) is 0 Å². The molecule has 4 nitrogen and oxygen atoms in total. The minimum Gasteiger partial charge on any atom is -0.507 e. The molecule has 0 saturated carbocycles. The van der Waals surface area contributed by atoms with Crippen LogP contribution in [0.25, 0.3) is 12.2 Å². The van der Waals surface area contributed by atoms with Crippen LogP contribution in [0.1, 0.15) is 21.5 Å². The van der Waals surface area contributed by atoms with Crippen molar-refractivity contribution in [2.75, 3.05) is 7.11 Å². The Labute approximate surface area is 130 Å². The number of aromatic hydroxyl groups is 1. The van der Waals surface area contributed by atoms with Gasteiger partial charge in [0, 0.05) is 11.6 Å². The van der Waals surface area contributed by atoms with E-state index in [0.29, 0.717) is 11.3 Å². The lowest BCUT2D eigenvalue weighted by Crippen LogP contribution is -1.94. The molecule has 0 aromatic heterocycles. The molecule has 0 saturated heterocycles. The van der Waals surface area contributed by atoms with Crippen LogP contribution >= 0.6 is 15.9 Å². The van der Waals surface area contributed by atoms with Crippen LogP contribution in [-0.4, -0.2) is 23.3 Å². The van der Waals surface area contributed by atoms with Gasteiger partial charge in [0.25, 0.3) is 0 Å². The highest BCUT2D eigenvalue weighted by Gasteiger charge is 2.06. The van der Waals surface area contributed by atoms with Gasteiger partial charge in [0.2, 0.25) is 0 Å². The molecule has 0 aliphatic carbocycles. The summed E-state index contributed by atoms with van der Waals surface area (Å²) in [5, 5.41) is 18.7. The summed E-state index contributed by atoms with van der Waals surface area (Å²) in [6, 6.07) is 9.75. The number of hydrogen-bond acceptors (Lipinski definition) is 3. The summed E-state index contributed by atoms with van der Waals surface area (Å²) in [5.74, 6) is -0.300.